The van der Waals surface area contributed by atoms with Gasteiger partial charge in [0.1, 0.15) is 0 Å². The van der Waals surface area contributed by atoms with E-state index in [1.165, 1.54) is 148 Å². The third kappa shape index (κ3) is 33.0. The summed E-state index contributed by atoms with van der Waals surface area (Å²) in [6, 6.07) is 10.1. The van der Waals surface area contributed by atoms with E-state index >= 15 is 0 Å². The van der Waals surface area contributed by atoms with E-state index in [1.54, 1.807) is 0 Å². The molecule has 0 aromatic carbocycles. The van der Waals surface area contributed by atoms with Gasteiger partial charge in [0, 0.05) is 87.1 Å². The molecule has 6 heterocycles. The predicted molar refractivity (Wildman–Crippen MR) is 374 cm³/mol. The molecular weight excluding hydrogens is 982 g/mol. The second-order valence-corrected chi connectivity index (χ2v) is 30.4. The smallest absolute Gasteiger partial charge is 0.0121 e. The van der Waals surface area contributed by atoms with Crippen LogP contribution >= 0.6 is 0 Å². The van der Waals surface area contributed by atoms with Crippen molar-refractivity contribution in [1.82, 2.24) is 34.7 Å². The van der Waals surface area contributed by atoms with E-state index in [0.717, 1.165) is 120 Å². The Bertz CT molecular complexity index is 1220. The van der Waals surface area contributed by atoms with Crippen molar-refractivity contribution in [2.45, 2.75) is 382 Å². The molecule has 6 saturated heterocycles. The highest BCUT2D eigenvalue weighted by Crippen LogP contribution is 2.30. The van der Waals surface area contributed by atoms with Crippen molar-refractivity contribution in [1.29, 1.82) is 0 Å². The van der Waals surface area contributed by atoms with Crippen LogP contribution < -0.4 is 5.32 Å². The van der Waals surface area contributed by atoms with Gasteiger partial charge in [0.05, 0.1) is 0 Å². The van der Waals surface area contributed by atoms with E-state index in [9.17, 15) is 0 Å². The zero-order chi connectivity index (χ0) is 60.7. The van der Waals surface area contributed by atoms with Gasteiger partial charge in [0.25, 0.3) is 0 Å². The maximum atomic E-state index is 3.34. The Morgan fingerprint density at radius 1 is 0.263 bits per heavy atom. The maximum Gasteiger partial charge on any atom is 0.0121 e. The maximum absolute atomic E-state index is 3.34. The minimum absolute atomic E-state index is 0. The van der Waals surface area contributed by atoms with Crippen molar-refractivity contribution in [3.8, 4) is 0 Å². The Hall–Kier alpha value is -0.350. The van der Waals surface area contributed by atoms with Gasteiger partial charge in [-0.05, 0) is 247 Å². The summed E-state index contributed by atoms with van der Waals surface area (Å²) in [5, 5.41) is 3.34. The summed E-state index contributed by atoms with van der Waals surface area (Å²) in [6.07, 6.45) is 24.1. The van der Waals surface area contributed by atoms with Crippen LogP contribution in [0.4, 0.5) is 4.70 Å². The first-order valence-corrected chi connectivity index (χ1v) is 35.2. The zero-order valence-electron chi connectivity index (χ0n) is 60.1. The Morgan fingerprint density at radius 2 is 0.438 bits per heavy atom. The number of likely N-dealkylation sites (tertiary alicyclic amines) is 6. The molecule has 496 valence electrons. The SMILES string of the molecule is CC(C)C1CCCCCN1C(C)C.CC(C)C1CCCCN1C(C)C.CC(C)C1CCCCN1C(C)C.CC(C)C1CCCCN1C(C)C.CC(C)C1CCCN1C(C)C.CC(C)C1CCCN1C(C)C.CC(C)CNC(C)C.F.[HH].[HH].[HH].[HH].[HH].[HH]. The molecule has 0 saturated carbocycles. The predicted octanol–water partition coefficient (Wildman–Crippen LogP) is 20.3. The number of rotatable bonds is 15. The van der Waals surface area contributed by atoms with Gasteiger partial charge in [0.15, 0.2) is 0 Å². The standard InChI is InChI=1S/C12H25N.3C11H23N.2C10H21N.C7H17N.FH.6H2/c1-10(2)12-8-6-5-7-9-13(12)11(3)4;3*1-9(2)11-7-5-6-8-12(11)10(3)4;2*1-8(2)10-6-5-7-11(10)9(3)4;1-6(2)5-8-7(3)4;;;;;;;/h10-12H,5-9H2,1-4H3;3*9-11H,5-8H2,1-4H3;2*8-10H,5-7H2,1-4H3;6-8H,5H2,1-4H3;7*1H. The molecule has 0 amide bonds. The van der Waals surface area contributed by atoms with Crippen LogP contribution in [-0.4, -0.2) is 154 Å². The molecular formula is C72H166FN7. The minimum Gasteiger partial charge on any atom is -0.314 e. The van der Waals surface area contributed by atoms with Crippen LogP contribution in [0.2, 0.25) is 0 Å². The molecule has 6 aliphatic heterocycles. The Balaban J connectivity index is -0.000000136. The molecule has 0 aromatic rings. The average molecular weight is 1150 g/mol. The van der Waals surface area contributed by atoms with Crippen molar-refractivity contribution in [3.05, 3.63) is 0 Å². The number of halogens is 1. The minimum atomic E-state index is 0. The van der Waals surface area contributed by atoms with Crippen LogP contribution in [0.1, 0.15) is 312 Å². The molecule has 6 atom stereocenters. The van der Waals surface area contributed by atoms with E-state index in [1.807, 2.05) is 0 Å². The summed E-state index contributed by atoms with van der Waals surface area (Å²) in [5.74, 6) is 5.74. The molecule has 8 heteroatoms. The molecule has 0 bridgehead atoms. The van der Waals surface area contributed by atoms with Crippen molar-refractivity contribution < 1.29 is 13.3 Å². The van der Waals surface area contributed by atoms with Crippen LogP contribution in [0.25, 0.3) is 0 Å². The van der Waals surface area contributed by atoms with Gasteiger partial charge in [0.2, 0.25) is 0 Å². The fraction of sp³-hybridized carbons (Fsp3) is 1.00. The number of nitrogens with one attached hydrogen (secondary N) is 1. The second-order valence-electron chi connectivity index (χ2n) is 30.4. The Labute approximate surface area is 514 Å². The lowest BCUT2D eigenvalue weighted by atomic mass is 9.92. The molecule has 0 spiro atoms. The molecule has 6 fully saturated rings. The number of piperidine rings is 3. The van der Waals surface area contributed by atoms with Crippen LogP contribution in [0.3, 0.4) is 0 Å². The van der Waals surface area contributed by atoms with E-state index in [0.29, 0.717) is 6.04 Å². The average Bonchev–Trinajstić information content (AvgIpc) is 4.03. The fourth-order valence-corrected chi connectivity index (χ4v) is 14.3. The van der Waals surface area contributed by atoms with Gasteiger partial charge in [-0.25, -0.2) is 0 Å². The first-order valence-electron chi connectivity index (χ1n) is 35.2. The number of hydrogen-bond acceptors (Lipinski definition) is 7. The topological polar surface area (TPSA) is 31.5 Å². The Morgan fingerprint density at radius 3 is 0.600 bits per heavy atom. The van der Waals surface area contributed by atoms with Gasteiger partial charge in [-0.1, -0.05) is 143 Å². The zero-order valence-corrected chi connectivity index (χ0v) is 60.1. The molecule has 0 aromatic heterocycles. The lowest BCUT2D eigenvalue weighted by molar-refractivity contribution is 0.0807. The summed E-state index contributed by atoms with van der Waals surface area (Å²) in [5.41, 5.74) is 0. The summed E-state index contributed by atoms with van der Waals surface area (Å²) in [6.45, 7) is 73.8. The van der Waals surface area contributed by atoms with Crippen LogP contribution in [-0.2, 0) is 0 Å². The molecule has 6 aliphatic rings. The van der Waals surface area contributed by atoms with Crippen LogP contribution in [0, 0.1) is 41.4 Å². The molecule has 1 N–H and O–H groups in total. The molecule has 0 radical (unpaired) electrons. The lowest BCUT2D eigenvalue weighted by Crippen LogP contribution is -2.46. The molecule has 6 unspecified atom stereocenters. The van der Waals surface area contributed by atoms with E-state index < -0.39 is 0 Å². The van der Waals surface area contributed by atoms with E-state index in [4.69, 9.17) is 0 Å². The molecule has 6 rings (SSSR count). The summed E-state index contributed by atoms with van der Waals surface area (Å²) < 4.78 is 0. The molecule has 0 aliphatic carbocycles. The number of nitrogens with zero attached hydrogens (tertiary/aromatic N) is 6. The highest BCUT2D eigenvalue weighted by molar-refractivity contribution is 4.87. The van der Waals surface area contributed by atoms with Crippen LogP contribution in [0.15, 0.2) is 0 Å². The van der Waals surface area contributed by atoms with Gasteiger partial charge >= 0.3 is 0 Å². The monoisotopic (exact) mass is 1150 g/mol. The van der Waals surface area contributed by atoms with Crippen LogP contribution in [0.5, 0.6) is 0 Å². The highest BCUT2D eigenvalue weighted by Gasteiger charge is 2.32. The first kappa shape index (κ1) is 81.7. The number of hydrogen-bond donors (Lipinski definition) is 1. The largest absolute Gasteiger partial charge is 0.314 e. The summed E-state index contributed by atoms with van der Waals surface area (Å²) in [7, 11) is 0. The normalized spacial score (nSPS) is 25.1. The van der Waals surface area contributed by atoms with Gasteiger partial charge < -0.3 is 5.32 Å². The fourth-order valence-electron chi connectivity index (χ4n) is 14.3. The third-order valence-electron chi connectivity index (χ3n) is 18.8. The Kier molecular flexibility index (Phi) is 46.0. The quantitative estimate of drug-likeness (QED) is 0.175. The van der Waals surface area contributed by atoms with Crippen molar-refractivity contribution in [2.24, 2.45) is 41.4 Å². The third-order valence-corrected chi connectivity index (χ3v) is 18.8. The van der Waals surface area contributed by atoms with Gasteiger partial charge in [-0.3, -0.25) is 34.1 Å². The first-order chi connectivity index (χ1) is 36.9. The van der Waals surface area contributed by atoms with Crippen molar-refractivity contribution in [3.63, 3.8) is 0 Å². The highest BCUT2D eigenvalue weighted by atomic mass is 19.0. The van der Waals surface area contributed by atoms with Crippen molar-refractivity contribution in [2.75, 3.05) is 45.8 Å². The van der Waals surface area contributed by atoms with E-state index in [2.05, 4.69) is 229 Å². The second kappa shape index (κ2) is 45.0. The molecule has 7 nitrogen and oxygen atoms in total. The summed E-state index contributed by atoms with van der Waals surface area (Å²) in [4.78, 5) is 16.0. The van der Waals surface area contributed by atoms with Gasteiger partial charge in [-0.2, -0.15) is 0 Å². The van der Waals surface area contributed by atoms with E-state index in [-0.39, 0.29) is 13.3 Å². The lowest BCUT2D eigenvalue weighted by Gasteiger charge is -2.40. The van der Waals surface area contributed by atoms with Gasteiger partial charge in [-0.15, -0.1) is 0 Å². The van der Waals surface area contributed by atoms with Crippen molar-refractivity contribution >= 4 is 0 Å². The summed E-state index contributed by atoms with van der Waals surface area (Å²) >= 11 is 0. The molecule has 80 heavy (non-hydrogen) atoms.